The van der Waals surface area contributed by atoms with Crippen molar-refractivity contribution in [2.45, 2.75) is 143 Å². The normalized spacial score (nSPS) is 13.6. The first-order chi connectivity index (χ1) is 35.2. The number of fused-ring (bicyclic) bond motifs is 4. The van der Waals surface area contributed by atoms with Crippen LogP contribution in [0.5, 0.6) is 11.5 Å². The van der Waals surface area contributed by atoms with Gasteiger partial charge in [-0.25, -0.2) is 4.98 Å². The maximum Gasteiger partial charge on any atom is 0.135 e. The molecule has 5 nitrogen and oxygen atoms in total. The van der Waals surface area contributed by atoms with E-state index in [0.29, 0.717) is 11.5 Å². The maximum absolute atomic E-state index is 7.07. The molecule has 10 rings (SSSR count). The molecule has 9 aromatic rings. The van der Waals surface area contributed by atoms with E-state index in [0.717, 1.165) is 55.9 Å². The molecular weight excluding hydrogens is 1110 g/mol. The predicted octanol–water partition coefficient (Wildman–Crippen LogP) is 18.8. The average molecular weight is 1180 g/mol. The molecule has 7 aromatic carbocycles. The van der Waals surface area contributed by atoms with Crippen LogP contribution in [0, 0.1) is 18.8 Å². The molecule has 0 fully saturated rings. The smallest absolute Gasteiger partial charge is 0.135 e. The van der Waals surface area contributed by atoms with Crippen LogP contribution in [0.1, 0.15) is 155 Å². The molecule has 1 aliphatic rings. The Kier molecular flexibility index (Phi) is 14.0. The fraction of sp³-hybridized carbons (Fsp3) is 0.314. The van der Waals surface area contributed by atoms with Gasteiger partial charge in [-0.2, -0.15) is 6.07 Å². The van der Waals surface area contributed by atoms with Gasteiger partial charge in [0.1, 0.15) is 5.82 Å². The molecule has 0 N–H and O–H groups in total. The van der Waals surface area contributed by atoms with Crippen LogP contribution < -0.4 is 14.5 Å². The summed E-state index contributed by atoms with van der Waals surface area (Å²) < 4.78 is 9.33. The number of aromatic nitrogens is 2. The molecule has 1 aliphatic heterocycles. The van der Waals surface area contributed by atoms with Gasteiger partial charge in [-0.05, 0) is 108 Å². The largest absolute Gasteiger partial charge is 0.509 e. The number of hydrogen-bond donors (Lipinski definition) is 0. The second kappa shape index (κ2) is 19.5. The van der Waals surface area contributed by atoms with Crippen LogP contribution in [0.25, 0.3) is 27.6 Å². The number of pyridine rings is 1. The predicted molar refractivity (Wildman–Crippen MR) is 316 cm³/mol. The van der Waals surface area contributed by atoms with Gasteiger partial charge in [0.05, 0.1) is 0 Å². The van der Waals surface area contributed by atoms with Gasteiger partial charge in [0.2, 0.25) is 0 Å². The zero-order valence-electron chi connectivity index (χ0n) is 47.6. The zero-order chi connectivity index (χ0) is 53.6. The third-order valence-corrected chi connectivity index (χ3v) is 15.8. The Hall–Kier alpha value is -6.42. The van der Waals surface area contributed by atoms with E-state index in [9.17, 15) is 0 Å². The van der Waals surface area contributed by atoms with Crippen LogP contribution in [0.2, 0.25) is 0 Å². The number of hydrogen-bond acceptors (Lipinski definition) is 4. The van der Waals surface area contributed by atoms with Crippen LogP contribution in [0.3, 0.4) is 0 Å². The van der Waals surface area contributed by atoms with Crippen molar-refractivity contribution in [1.82, 2.24) is 9.55 Å². The first-order valence-electron chi connectivity index (χ1n) is 26.8. The Morgan fingerprint density at radius 2 is 0.974 bits per heavy atom. The molecule has 0 spiro atoms. The molecule has 0 saturated carbocycles. The summed E-state index contributed by atoms with van der Waals surface area (Å²) in [6.45, 7) is 38.9. The van der Waals surface area contributed by atoms with Crippen molar-refractivity contribution in [3.05, 3.63) is 221 Å². The molecule has 6 heteroatoms. The quantitative estimate of drug-likeness (QED) is 0.135. The third-order valence-electron chi connectivity index (χ3n) is 15.8. The minimum absolute atomic E-state index is 0. The minimum Gasteiger partial charge on any atom is -0.509 e. The average Bonchev–Trinajstić information content (AvgIpc) is 3.93. The number of anilines is 4. The fourth-order valence-electron chi connectivity index (χ4n) is 10.5. The Bertz CT molecular complexity index is 3560. The summed E-state index contributed by atoms with van der Waals surface area (Å²) in [5, 5.41) is 2.21. The van der Waals surface area contributed by atoms with Crippen LogP contribution in [0.4, 0.5) is 22.7 Å². The molecule has 0 bridgehead atoms. The summed E-state index contributed by atoms with van der Waals surface area (Å²) in [6, 6.07) is 63.1. The van der Waals surface area contributed by atoms with Crippen molar-refractivity contribution in [2.24, 2.45) is 0 Å². The molecule has 0 saturated heterocycles. The summed E-state index contributed by atoms with van der Waals surface area (Å²) >= 11 is 0. The second-order valence-electron chi connectivity index (χ2n) is 26.1. The summed E-state index contributed by atoms with van der Waals surface area (Å²) in [4.78, 5) is 9.77. The van der Waals surface area contributed by atoms with Crippen molar-refractivity contribution >= 4 is 44.6 Å². The monoisotopic (exact) mass is 1180 g/mol. The summed E-state index contributed by atoms with van der Waals surface area (Å²) in [5.74, 6) is 2.05. The Labute approximate surface area is 468 Å². The van der Waals surface area contributed by atoms with Crippen LogP contribution in [0.15, 0.2) is 158 Å². The van der Waals surface area contributed by atoms with Gasteiger partial charge in [-0.15, -0.1) is 53.6 Å². The molecule has 0 atom stereocenters. The van der Waals surface area contributed by atoms with E-state index in [1.165, 1.54) is 38.9 Å². The van der Waals surface area contributed by atoms with Crippen LogP contribution in [-0.2, 0) is 53.6 Å². The molecule has 0 amide bonds. The van der Waals surface area contributed by atoms with Crippen LogP contribution >= 0.6 is 0 Å². The van der Waals surface area contributed by atoms with Crippen molar-refractivity contribution in [1.29, 1.82) is 0 Å². The second-order valence-corrected chi connectivity index (χ2v) is 26.1. The maximum atomic E-state index is 7.07. The first kappa shape index (κ1) is 54.4. The number of ether oxygens (including phenoxy) is 1. The molecule has 394 valence electrons. The third kappa shape index (κ3) is 10.3. The van der Waals surface area contributed by atoms with E-state index in [1.807, 2.05) is 6.20 Å². The van der Waals surface area contributed by atoms with E-state index < -0.39 is 0 Å². The summed E-state index contributed by atoms with van der Waals surface area (Å²) in [5.41, 5.74) is 15.3. The Balaban J connectivity index is 0.00000706. The van der Waals surface area contributed by atoms with Gasteiger partial charge in [0.25, 0.3) is 0 Å². The van der Waals surface area contributed by atoms with Gasteiger partial charge >= 0.3 is 0 Å². The molecule has 0 aliphatic carbocycles. The molecule has 76 heavy (non-hydrogen) atoms. The standard InChI is InChI=1S/C70H75N4O.Pt/c1-65(2,3)48-27-32-61-63(41-48)73(45-72(61)54-36-51(66(4,5)6)35-52(37-54)67(7,8)9)55-38-53(68(10,11)12)39-57(43-55)75-56-29-30-58-59-40-49(69(13,14)46-23-19-17-20-24-46)28-31-60(59)74(62(58)44-56)64-42-50(33-34-71-64)70(15,16)47-25-21-18-22-26-47;/h17-42,45H,1-16H3;/q-3;. The minimum atomic E-state index is -0.265. The topological polar surface area (TPSA) is 33.5 Å². The number of nitrogens with zero attached hydrogens (tertiary/aromatic N) is 4. The zero-order valence-corrected chi connectivity index (χ0v) is 49.9. The van der Waals surface area contributed by atoms with Crippen molar-refractivity contribution in [3.8, 4) is 17.3 Å². The molecule has 0 unspecified atom stereocenters. The van der Waals surface area contributed by atoms with E-state index in [2.05, 4.69) is 296 Å². The SMILES string of the molecule is CC(C)(C)c1cc(Oc2[c-]c3c(cc2)c2cc(C(C)(C)c4ccccc4)ccc2n3-c2cc(C(C)(C)c3ccccc3)ccn2)[c-]c(N2[CH-]N(c3cc(C(C)(C)C)cc(C(C)(C)C)c3)c3ccc(C(C)(C)C)cc32)c1.[Pt]. The summed E-state index contributed by atoms with van der Waals surface area (Å²) in [7, 11) is 0. The first-order valence-corrected chi connectivity index (χ1v) is 26.8. The van der Waals surface area contributed by atoms with E-state index >= 15 is 0 Å². The van der Waals surface area contributed by atoms with Crippen molar-refractivity contribution in [3.63, 3.8) is 0 Å². The number of rotatable bonds is 9. The van der Waals surface area contributed by atoms with Gasteiger partial charge in [-0.3, -0.25) is 0 Å². The summed E-state index contributed by atoms with van der Waals surface area (Å²) in [6.07, 6.45) is 1.94. The van der Waals surface area contributed by atoms with Crippen molar-refractivity contribution < 1.29 is 25.8 Å². The van der Waals surface area contributed by atoms with Gasteiger partial charge in [0, 0.05) is 72.2 Å². The van der Waals surface area contributed by atoms with Gasteiger partial charge in [0.15, 0.2) is 0 Å². The van der Waals surface area contributed by atoms with E-state index in [-0.39, 0.29) is 53.6 Å². The van der Waals surface area contributed by atoms with E-state index in [1.54, 1.807) is 0 Å². The molecular formula is C70H75N4OPt-3. The van der Waals surface area contributed by atoms with Gasteiger partial charge in [-0.1, -0.05) is 201 Å². The molecule has 3 heterocycles. The van der Waals surface area contributed by atoms with E-state index in [4.69, 9.17) is 9.72 Å². The fourth-order valence-corrected chi connectivity index (χ4v) is 10.5. The Morgan fingerprint density at radius 1 is 0.421 bits per heavy atom. The van der Waals surface area contributed by atoms with Crippen molar-refractivity contribution in [2.75, 3.05) is 9.80 Å². The van der Waals surface area contributed by atoms with Gasteiger partial charge < -0.3 is 19.1 Å². The Morgan fingerprint density at radius 3 is 1.55 bits per heavy atom. The molecule has 2 aromatic heterocycles. The number of benzene rings is 7. The van der Waals surface area contributed by atoms with Crippen LogP contribution in [-0.4, -0.2) is 9.55 Å². The molecule has 0 radical (unpaired) electrons.